The van der Waals surface area contributed by atoms with Gasteiger partial charge in [0.1, 0.15) is 11.5 Å². The lowest BCUT2D eigenvalue weighted by atomic mass is 10.2. The summed E-state index contributed by atoms with van der Waals surface area (Å²) in [6, 6.07) is 3.83. The number of thioether (sulfide) groups is 1. The second-order valence-electron chi connectivity index (χ2n) is 5.57. The predicted octanol–water partition coefficient (Wildman–Crippen LogP) is 3.01. The monoisotopic (exact) mass is 368 g/mol. The molecule has 0 unspecified atom stereocenters. The van der Waals surface area contributed by atoms with Crippen LogP contribution in [0, 0.1) is 0 Å². The standard InChI is InChI=1S/C18H28N2O4S/c1-4-23-16-13-15(20-7-9-22-10-8-20)17(24-5-2)12-14(16)19-18(21)6-11-25-3/h12-13H,4-11H2,1-3H3,(H,19,21). The first-order valence-corrected chi connectivity index (χ1v) is 10.1. The van der Waals surface area contributed by atoms with E-state index in [2.05, 4.69) is 10.2 Å². The van der Waals surface area contributed by atoms with Gasteiger partial charge in [-0.2, -0.15) is 11.8 Å². The van der Waals surface area contributed by atoms with Crippen LogP contribution >= 0.6 is 11.8 Å². The number of anilines is 2. The Bertz CT molecular complexity index is 562. The number of hydrogen-bond acceptors (Lipinski definition) is 6. The molecule has 1 N–H and O–H groups in total. The van der Waals surface area contributed by atoms with E-state index in [0.29, 0.717) is 44.3 Å². The van der Waals surface area contributed by atoms with Crippen molar-refractivity contribution in [2.45, 2.75) is 20.3 Å². The van der Waals surface area contributed by atoms with Crippen molar-refractivity contribution in [2.75, 3.05) is 61.7 Å². The van der Waals surface area contributed by atoms with Crippen molar-refractivity contribution in [3.05, 3.63) is 12.1 Å². The molecule has 140 valence electrons. The van der Waals surface area contributed by atoms with Crippen LogP contribution in [0.3, 0.4) is 0 Å². The fourth-order valence-electron chi connectivity index (χ4n) is 2.65. The van der Waals surface area contributed by atoms with E-state index >= 15 is 0 Å². The molecule has 0 aromatic heterocycles. The molecule has 1 fully saturated rings. The number of nitrogens with zero attached hydrogens (tertiary/aromatic N) is 1. The number of morpholine rings is 1. The number of carbonyl (C=O) groups excluding carboxylic acids is 1. The summed E-state index contributed by atoms with van der Waals surface area (Å²) in [4.78, 5) is 14.4. The molecule has 1 aliphatic rings. The van der Waals surface area contributed by atoms with Gasteiger partial charge >= 0.3 is 0 Å². The van der Waals surface area contributed by atoms with Crippen molar-refractivity contribution in [2.24, 2.45) is 0 Å². The number of carbonyl (C=O) groups is 1. The molecule has 1 aliphatic heterocycles. The van der Waals surface area contributed by atoms with Gasteiger partial charge in [-0.05, 0) is 20.1 Å². The van der Waals surface area contributed by atoms with E-state index in [4.69, 9.17) is 14.2 Å². The minimum Gasteiger partial charge on any atom is -0.492 e. The first-order chi connectivity index (χ1) is 12.2. The maximum absolute atomic E-state index is 12.1. The molecule has 25 heavy (non-hydrogen) atoms. The number of amides is 1. The molecular weight excluding hydrogens is 340 g/mol. The van der Waals surface area contributed by atoms with E-state index in [1.807, 2.05) is 32.2 Å². The zero-order valence-electron chi connectivity index (χ0n) is 15.3. The van der Waals surface area contributed by atoms with Crippen molar-refractivity contribution in [3.8, 4) is 11.5 Å². The lowest BCUT2D eigenvalue weighted by Crippen LogP contribution is -2.36. The van der Waals surface area contributed by atoms with Gasteiger partial charge in [0.05, 0.1) is 37.8 Å². The van der Waals surface area contributed by atoms with Crippen LogP contribution in [0.2, 0.25) is 0 Å². The molecule has 1 aromatic rings. The van der Waals surface area contributed by atoms with Crippen molar-refractivity contribution < 1.29 is 19.0 Å². The minimum atomic E-state index is -0.0168. The normalized spacial score (nSPS) is 14.3. The summed E-state index contributed by atoms with van der Waals surface area (Å²) >= 11 is 1.65. The van der Waals surface area contributed by atoms with Crippen molar-refractivity contribution in [1.82, 2.24) is 0 Å². The van der Waals surface area contributed by atoms with Crippen LogP contribution in [-0.4, -0.2) is 57.4 Å². The first kappa shape index (κ1) is 19.7. The molecule has 0 saturated carbocycles. The summed E-state index contributed by atoms with van der Waals surface area (Å²) in [5.74, 6) is 2.20. The zero-order chi connectivity index (χ0) is 18.1. The molecule has 7 heteroatoms. The Morgan fingerprint density at radius 3 is 2.52 bits per heavy atom. The summed E-state index contributed by atoms with van der Waals surface area (Å²) < 4.78 is 17.0. The number of benzene rings is 1. The van der Waals surface area contributed by atoms with Crippen LogP contribution in [0.25, 0.3) is 0 Å². The quantitative estimate of drug-likeness (QED) is 0.723. The van der Waals surface area contributed by atoms with Crippen LogP contribution < -0.4 is 19.7 Å². The fourth-order valence-corrected chi connectivity index (χ4v) is 3.04. The molecule has 0 spiro atoms. The Kier molecular flexibility index (Phi) is 8.21. The lowest BCUT2D eigenvalue weighted by Gasteiger charge is -2.31. The maximum Gasteiger partial charge on any atom is 0.225 e. The zero-order valence-corrected chi connectivity index (χ0v) is 16.1. The van der Waals surface area contributed by atoms with Gasteiger partial charge in [-0.3, -0.25) is 4.79 Å². The van der Waals surface area contributed by atoms with E-state index in [1.54, 1.807) is 11.8 Å². The van der Waals surface area contributed by atoms with Crippen LogP contribution in [-0.2, 0) is 9.53 Å². The summed E-state index contributed by atoms with van der Waals surface area (Å²) in [7, 11) is 0. The SMILES string of the molecule is CCOc1cc(N2CCOCC2)c(OCC)cc1NC(=O)CCSC. The van der Waals surface area contributed by atoms with E-state index in [9.17, 15) is 4.79 Å². The minimum absolute atomic E-state index is 0.0168. The van der Waals surface area contributed by atoms with Gasteiger partial charge in [0.2, 0.25) is 5.91 Å². The Balaban J connectivity index is 2.30. The third kappa shape index (κ3) is 5.71. The van der Waals surface area contributed by atoms with Crippen LogP contribution in [0.5, 0.6) is 11.5 Å². The second kappa shape index (κ2) is 10.4. The summed E-state index contributed by atoms with van der Waals surface area (Å²) in [5, 5.41) is 2.96. The van der Waals surface area contributed by atoms with E-state index < -0.39 is 0 Å². The first-order valence-electron chi connectivity index (χ1n) is 8.74. The van der Waals surface area contributed by atoms with Crippen LogP contribution in [0.15, 0.2) is 12.1 Å². The van der Waals surface area contributed by atoms with Gasteiger partial charge in [-0.15, -0.1) is 0 Å². The molecule has 6 nitrogen and oxygen atoms in total. The summed E-state index contributed by atoms with van der Waals surface area (Å²) in [5.41, 5.74) is 1.64. The van der Waals surface area contributed by atoms with Crippen molar-refractivity contribution in [1.29, 1.82) is 0 Å². The van der Waals surface area contributed by atoms with Gasteiger partial charge in [0.15, 0.2) is 0 Å². The molecule has 0 bridgehead atoms. The number of ether oxygens (including phenoxy) is 3. The molecule has 0 atom stereocenters. The van der Waals surface area contributed by atoms with Crippen LogP contribution in [0.1, 0.15) is 20.3 Å². The molecule has 1 amide bonds. The highest BCUT2D eigenvalue weighted by Crippen LogP contribution is 2.39. The van der Waals surface area contributed by atoms with Crippen molar-refractivity contribution >= 4 is 29.0 Å². The molecule has 0 aliphatic carbocycles. The van der Waals surface area contributed by atoms with Crippen LogP contribution in [0.4, 0.5) is 11.4 Å². The molecule has 1 aromatic carbocycles. The van der Waals surface area contributed by atoms with Crippen molar-refractivity contribution in [3.63, 3.8) is 0 Å². The Morgan fingerprint density at radius 1 is 1.20 bits per heavy atom. The van der Waals surface area contributed by atoms with E-state index in [1.165, 1.54) is 0 Å². The highest BCUT2D eigenvalue weighted by atomic mass is 32.2. The third-order valence-corrected chi connectivity index (χ3v) is 4.43. The topological polar surface area (TPSA) is 60.0 Å². The molecule has 1 saturated heterocycles. The smallest absolute Gasteiger partial charge is 0.225 e. The Labute approximate surface area is 154 Å². The Morgan fingerprint density at radius 2 is 1.88 bits per heavy atom. The third-order valence-electron chi connectivity index (χ3n) is 3.82. The molecule has 1 heterocycles. The Hall–Kier alpha value is -1.60. The maximum atomic E-state index is 12.1. The van der Waals surface area contributed by atoms with Gasteiger partial charge in [-0.25, -0.2) is 0 Å². The summed E-state index contributed by atoms with van der Waals surface area (Å²) in [6.07, 6.45) is 2.46. The van der Waals surface area contributed by atoms with Gasteiger partial charge in [-0.1, -0.05) is 0 Å². The van der Waals surface area contributed by atoms with E-state index in [-0.39, 0.29) is 5.91 Å². The van der Waals surface area contributed by atoms with E-state index in [0.717, 1.165) is 30.3 Å². The molecular formula is C18H28N2O4S. The van der Waals surface area contributed by atoms with Gasteiger partial charge in [0, 0.05) is 37.4 Å². The predicted molar refractivity (Wildman–Crippen MR) is 103 cm³/mol. The number of rotatable bonds is 9. The average molecular weight is 368 g/mol. The second-order valence-corrected chi connectivity index (χ2v) is 6.56. The summed E-state index contributed by atoms with van der Waals surface area (Å²) in [6.45, 7) is 8.00. The molecule has 2 rings (SSSR count). The fraction of sp³-hybridized carbons (Fsp3) is 0.611. The largest absolute Gasteiger partial charge is 0.492 e. The number of nitrogens with one attached hydrogen (secondary N) is 1. The lowest BCUT2D eigenvalue weighted by molar-refractivity contribution is -0.115. The highest BCUT2D eigenvalue weighted by molar-refractivity contribution is 7.98. The highest BCUT2D eigenvalue weighted by Gasteiger charge is 2.20. The van der Waals surface area contributed by atoms with Gasteiger partial charge < -0.3 is 24.4 Å². The molecule has 0 radical (unpaired) electrons. The van der Waals surface area contributed by atoms with Gasteiger partial charge in [0.25, 0.3) is 0 Å². The number of hydrogen-bond donors (Lipinski definition) is 1. The average Bonchev–Trinajstić information content (AvgIpc) is 2.63.